The normalized spacial score (nSPS) is 25.4. The highest BCUT2D eigenvalue weighted by molar-refractivity contribution is 5.85. The van der Waals surface area contributed by atoms with Crippen LogP contribution in [0.25, 0.3) is 0 Å². The Balaban J connectivity index is 2.07. The minimum absolute atomic E-state index is 0.0298. The van der Waals surface area contributed by atoms with E-state index in [1.54, 1.807) is 7.11 Å². The van der Waals surface area contributed by atoms with Crippen molar-refractivity contribution in [2.24, 2.45) is 5.73 Å². The summed E-state index contributed by atoms with van der Waals surface area (Å²) < 4.78 is 11.2. The van der Waals surface area contributed by atoms with Gasteiger partial charge in [-0.1, -0.05) is 19.1 Å². The van der Waals surface area contributed by atoms with Crippen molar-refractivity contribution in [3.8, 4) is 11.5 Å². The Bertz CT molecular complexity index is 478. The van der Waals surface area contributed by atoms with E-state index >= 15 is 0 Å². The summed E-state index contributed by atoms with van der Waals surface area (Å²) in [5.41, 5.74) is 4.91. The summed E-state index contributed by atoms with van der Waals surface area (Å²) in [4.78, 5) is 11.7. The van der Waals surface area contributed by atoms with Gasteiger partial charge < -0.3 is 20.5 Å². The van der Waals surface area contributed by atoms with Gasteiger partial charge in [-0.05, 0) is 31.5 Å². The summed E-state index contributed by atoms with van der Waals surface area (Å²) in [6, 6.07) is 7.53. The molecule has 3 N–H and O–H groups in total. The average Bonchev–Trinajstić information content (AvgIpc) is 2.84. The van der Waals surface area contributed by atoms with E-state index in [2.05, 4.69) is 5.32 Å². The number of carbonyl (C=O) groups excluding carboxylic acids is 1. The van der Waals surface area contributed by atoms with Crippen molar-refractivity contribution in [1.82, 2.24) is 5.32 Å². The van der Waals surface area contributed by atoms with E-state index in [9.17, 15) is 4.79 Å². The van der Waals surface area contributed by atoms with Crippen LogP contribution in [0.4, 0.5) is 0 Å². The number of nitrogens with one attached hydrogen (secondary N) is 1. The van der Waals surface area contributed by atoms with Crippen LogP contribution in [0.5, 0.6) is 11.5 Å². The Labute approximate surface area is 119 Å². The molecule has 110 valence electrons. The van der Waals surface area contributed by atoms with E-state index in [4.69, 9.17) is 15.2 Å². The van der Waals surface area contributed by atoms with Gasteiger partial charge in [-0.3, -0.25) is 4.79 Å². The molecule has 0 heterocycles. The molecule has 1 aromatic carbocycles. The van der Waals surface area contributed by atoms with Gasteiger partial charge in [0.2, 0.25) is 5.91 Å². The van der Waals surface area contributed by atoms with Crippen LogP contribution in [-0.4, -0.2) is 31.2 Å². The lowest BCUT2D eigenvalue weighted by Crippen LogP contribution is -2.54. The topological polar surface area (TPSA) is 73.6 Å². The van der Waals surface area contributed by atoms with Crippen molar-refractivity contribution in [2.45, 2.75) is 37.8 Å². The van der Waals surface area contributed by atoms with Crippen molar-refractivity contribution in [1.29, 1.82) is 0 Å². The third-order valence-corrected chi connectivity index (χ3v) is 3.82. The van der Waals surface area contributed by atoms with Crippen LogP contribution in [-0.2, 0) is 4.79 Å². The number of ether oxygens (including phenoxy) is 2. The summed E-state index contributed by atoms with van der Waals surface area (Å²) in [5.74, 6) is 1.11. The van der Waals surface area contributed by atoms with Crippen molar-refractivity contribution in [3.63, 3.8) is 0 Å². The van der Waals surface area contributed by atoms with Gasteiger partial charge in [-0.15, -0.1) is 0 Å². The zero-order valence-electron chi connectivity index (χ0n) is 12.0. The maximum atomic E-state index is 11.7. The number of hydrogen-bond donors (Lipinski definition) is 2. The Hall–Kier alpha value is -1.75. The molecular weight excluding hydrogens is 256 g/mol. The molecule has 0 bridgehead atoms. The molecule has 5 heteroatoms. The van der Waals surface area contributed by atoms with Crippen molar-refractivity contribution < 1.29 is 14.3 Å². The third kappa shape index (κ3) is 2.88. The molecule has 1 amide bonds. The number of benzene rings is 1. The van der Waals surface area contributed by atoms with Gasteiger partial charge in [0, 0.05) is 6.42 Å². The molecule has 2 rings (SSSR count). The molecule has 1 aliphatic rings. The summed E-state index contributed by atoms with van der Waals surface area (Å²) >= 11 is 0. The second-order valence-corrected chi connectivity index (χ2v) is 5.11. The van der Waals surface area contributed by atoms with Gasteiger partial charge in [-0.25, -0.2) is 0 Å². The second-order valence-electron chi connectivity index (χ2n) is 5.11. The van der Waals surface area contributed by atoms with Crippen LogP contribution >= 0.6 is 0 Å². The minimum Gasteiger partial charge on any atom is -0.493 e. The number of carbonyl (C=O) groups is 1. The number of para-hydroxylation sites is 2. The first-order valence-electron chi connectivity index (χ1n) is 6.96. The maximum Gasteiger partial charge on any atom is 0.237 e. The van der Waals surface area contributed by atoms with Gasteiger partial charge in [-0.2, -0.15) is 0 Å². The molecule has 0 spiro atoms. The summed E-state index contributed by atoms with van der Waals surface area (Å²) in [6.45, 7) is 2.68. The minimum atomic E-state index is -0.637. The molecule has 0 radical (unpaired) electrons. The Morgan fingerprint density at radius 1 is 1.45 bits per heavy atom. The molecule has 1 aromatic rings. The monoisotopic (exact) mass is 278 g/mol. The molecule has 2 atom stereocenters. The zero-order valence-corrected chi connectivity index (χ0v) is 12.0. The van der Waals surface area contributed by atoms with E-state index in [0.717, 1.165) is 6.42 Å². The molecule has 1 aliphatic carbocycles. The fourth-order valence-corrected chi connectivity index (χ4v) is 2.81. The van der Waals surface area contributed by atoms with E-state index in [1.807, 2.05) is 31.2 Å². The molecule has 1 saturated carbocycles. The van der Waals surface area contributed by atoms with Crippen LogP contribution in [0.3, 0.4) is 0 Å². The van der Waals surface area contributed by atoms with Gasteiger partial charge >= 0.3 is 0 Å². The standard InChI is InChI=1S/C15H22N2O3/c1-3-17-15(14(16)18)9-8-11(10-15)20-13-7-5-4-6-12(13)19-2/h4-7,11,17H,3,8-10H2,1-2H3,(H2,16,18). The largest absolute Gasteiger partial charge is 0.493 e. The summed E-state index contributed by atoms with van der Waals surface area (Å²) in [5, 5.41) is 3.22. The number of rotatable bonds is 6. The first kappa shape index (κ1) is 14.7. The second kappa shape index (κ2) is 6.13. The molecule has 0 saturated heterocycles. The Morgan fingerprint density at radius 2 is 2.15 bits per heavy atom. The molecule has 0 aliphatic heterocycles. The summed E-state index contributed by atoms with van der Waals surface area (Å²) in [6.07, 6.45) is 2.07. The van der Waals surface area contributed by atoms with Crippen molar-refractivity contribution in [2.75, 3.05) is 13.7 Å². The van der Waals surface area contributed by atoms with Crippen molar-refractivity contribution >= 4 is 5.91 Å². The first-order valence-corrected chi connectivity index (χ1v) is 6.96. The highest BCUT2D eigenvalue weighted by atomic mass is 16.5. The van der Waals surface area contributed by atoms with E-state index in [0.29, 0.717) is 30.9 Å². The molecular formula is C15H22N2O3. The fourth-order valence-electron chi connectivity index (χ4n) is 2.81. The molecule has 0 aromatic heterocycles. The van der Waals surface area contributed by atoms with Crippen LogP contribution < -0.4 is 20.5 Å². The predicted molar refractivity (Wildman–Crippen MR) is 76.9 cm³/mol. The Kier molecular flexibility index (Phi) is 4.49. The van der Waals surface area contributed by atoms with Crippen LogP contribution in [0, 0.1) is 0 Å². The van der Waals surface area contributed by atoms with Crippen LogP contribution in [0.2, 0.25) is 0 Å². The van der Waals surface area contributed by atoms with Gasteiger partial charge in [0.05, 0.1) is 7.11 Å². The van der Waals surface area contributed by atoms with Gasteiger partial charge in [0.15, 0.2) is 11.5 Å². The number of nitrogens with two attached hydrogens (primary N) is 1. The van der Waals surface area contributed by atoms with E-state index in [1.165, 1.54) is 0 Å². The highest BCUT2D eigenvalue weighted by Gasteiger charge is 2.44. The third-order valence-electron chi connectivity index (χ3n) is 3.82. The number of amides is 1. The van der Waals surface area contributed by atoms with Gasteiger partial charge in [0.1, 0.15) is 11.6 Å². The Morgan fingerprint density at radius 3 is 2.75 bits per heavy atom. The maximum absolute atomic E-state index is 11.7. The number of hydrogen-bond acceptors (Lipinski definition) is 4. The van der Waals surface area contributed by atoms with Crippen LogP contribution in [0.1, 0.15) is 26.2 Å². The van der Waals surface area contributed by atoms with Crippen LogP contribution in [0.15, 0.2) is 24.3 Å². The lowest BCUT2D eigenvalue weighted by atomic mass is 9.96. The molecule has 1 fully saturated rings. The lowest BCUT2D eigenvalue weighted by Gasteiger charge is -2.26. The van der Waals surface area contributed by atoms with Crippen molar-refractivity contribution in [3.05, 3.63) is 24.3 Å². The SMILES string of the molecule is CCNC1(C(N)=O)CCC(Oc2ccccc2OC)C1. The summed E-state index contributed by atoms with van der Waals surface area (Å²) in [7, 11) is 1.61. The quantitative estimate of drug-likeness (QED) is 0.826. The first-order chi connectivity index (χ1) is 9.61. The fraction of sp³-hybridized carbons (Fsp3) is 0.533. The smallest absolute Gasteiger partial charge is 0.237 e. The number of methoxy groups -OCH3 is 1. The van der Waals surface area contributed by atoms with E-state index in [-0.39, 0.29) is 12.0 Å². The molecule has 5 nitrogen and oxygen atoms in total. The molecule has 2 unspecified atom stereocenters. The average molecular weight is 278 g/mol. The lowest BCUT2D eigenvalue weighted by molar-refractivity contribution is -0.124. The molecule has 20 heavy (non-hydrogen) atoms. The number of likely N-dealkylation sites (N-methyl/N-ethyl adjacent to an activating group) is 1. The number of primary amides is 1. The van der Waals surface area contributed by atoms with E-state index < -0.39 is 5.54 Å². The highest BCUT2D eigenvalue weighted by Crippen LogP contribution is 2.35. The van der Waals surface area contributed by atoms with Gasteiger partial charge in [0.25, 0.3) is 0 Å². The zero-order chi connectivity index (χ0) is 14.6. The predicted octanol–water partition coefficient (Wildman–Crippen LogP) is 1.46.